The minimum absolute atomic E-state index is 0.491. The largest absolute Gasteiger partial charge is 0.436 e. The number of nitrogens with one attached hydrogen (secondary N) is 1. The molecule has 6 aromatic carbocycles. The van der Waals surface area contributed by atoms with Gasteiger partial charge in [-0.15, -0.1) is 0 Å². The van der Waals surface area contributed by atoms with Crippen LogP contribution in [0.15, 0.2) is 132 Å². The first-order valence-electron chi connectivity index (χ1n) is 12.5. The molecule has 0 saturated heterocycles. The topological polar surface area (TPSA) is 38.1 Å². The molecule has 3 nitrogen and oxygen atoms in total. The van der Waals surface area contributed by atoms with Crippen molar-refractivity contribution in [1.29, 1.82) is 0 Å². The Morgan fingerprint density at radius 3 is 2.06 bits per heavy atom. The van der Waals surface area contributed by atoms with Crippen molar-refractivity contribution in [2.45, 2.75) is 0 Å². The average Bonchev–Trinajstić information content (AvgIpc) is 3.38. The number of para-hydroxylation sites is 2. The number of rotatable bonds is 4. The number of hydrogen-bond acceptors (Lipinski definition) is 3. The van der Waals surface area contributed by atoms with Gasteiger partial charge in [0.25, 0.3) is 0 Å². The van der Waals surface area contributed by atoms with Crippen LogP contribution in [0.4, 0.5) is 11.4 Å². The summed E-state index contributed by atoms with van der Waals surface area (Å²) < 4.78 is 14.6. The van der Waals surface area contributed by atoms with Crippen LogP contribution < -0.4 is 5.32 Å². The predicted octanol–water partition coefficient (Wildman–Crippen LogP) is 9.21. The summed E-state index contributed by atoms with van der Waals surface area (Å²) in [7, 11) is 0. The Morgan fingerprint density at radius 1 is 0.556 bits per heavy atom. The number of anilines is 2. The maximum Gasteiger partial charge on any atom is 0.227 e. The smallest absolute Gasteiger partial charge is 0.227 e. The van der Waals surface area contributed by atoms with Gasteiger partial charge in [-0.05, 0) is 93.3 Å². The van der Waals surface area contributed by atoms with Crippen molar-refractivity contribution in [3.05, 3.63) is 127 Å². The zero-order chi connectivity index (χ0) is 24.8. The van der Waals surface area contributed by atoms with Crippen LogP contribution in [0.5, 0.6) is 0 Å². The van der Waals surface area contributed by atoms with Gasteiger partial charge in [0.2, 0.25) is 5.89 Å². The lowest BCUT2D eigenvalue weighted by Crippen LogP contribution is -1.90. The Balaban J connectivity index is 1.16. The van der Waals surface area contributed by atoms with Crippen LogP contribution >= 0.6 is 0 Å². The molecule has 0 spiro atoms. The van der Waals surface area contributed by atoms with Gasteiger partial charge in [-0.1, -0.05) is 66.7 Å². The second-order valence-corrected chi connectivity index (χ2v) is 8.94. The second kappa shape index (κ2) is 8.40. The highest BCUT2D eigenvalue weighted by Gasteiger charge is 2.08. The van der Waals surface area contributed by atoms with Crippen LogP contribution in [-0.2, 0) is 0 Å². The zero-order valence-corrected chi connectivity index (χ0v) is 19.4. The molecule has 0 amide bonds. The first-order chi connectivity index (χ1) is 18.2. The minimum Gasteiger partial charge on any atom is -0.436 e. The quantitative estimate of drug-likeness (QED) is 0.283. The number of hydrogen-bond donors (Lipinski definition) is 1. The van der Waals surface area contributed by atoms with Crippen molar-refractivity contribution in [3.63, 3.8) is 0 Å². The number of oxazole rings is 1. The maximum atomic E-state index is 8.70. The Kier molecular flexibility index (Phi) is 4.53. The molecule has 0 saturated carbocycles. The van der Waals surface area contributed by atoms with Gasteiger partial charge in [-0.3, -0.25) is 0 Å². The molecule has 170 valence electrons. The fourth-order valence-corrected chi connectivity index (χ4v) is 4.65. The molecule has 1 heterocycles. The molecule has 0 bridgehead atoms. The summed E-state index contributed by atoms with van der Waals surface area (Å²) in [6.45, 7) is 0. The van der Waals surface area contributed by atoms with Crippen molar-refractivity contribution >= 4 is 44.0 Å². The third kappa shape index (κ3) is 3.77. The molecule has 0 radical (unpaired) electrons. The molecule has 0 aliphatic heterocycles. The van der Waals surface area contributed by atoms with Gasteiger partial charge >= 0.3 is 0 Å². The van der Waals surface area contributed by atoms with E-state index < -0.39 is 0 Å². The standard InChI is InChI=1S/C33H22N2O/c1-2-6-24-19-25(10-9-22(24)5-1)26-11-12-28-21-30(18-15-27(28)20-26)34-29-16-13-23(14-17-29)33-35-31-7-3-4-8-32(31)36-33/h1-21,34H/i15D. The van der Waals surface area contributed by atoms with Crippen molar-refractivity contribution in [3.8, 4) is 22.6 Å². The van der Waals surface area contributed by atoms with E-state index in [4.69, 9.17) is 5.79 Å². The Bertz CT molecular complexity index is 1890. The Labute approximate surface area is 210 Å². The summed E-state index contributed by atoms with van der Waals surface area (Å²) in [6, 6.07) is 41.4. The fourth-order valence-electron chi connectivity index (χ4n) is 4.65. The summed E-state index contributed by atoms with van der Waals surface area (Å²) in [5.41, 5.74) is 6.63. The Morgan fingerprint density at radius 2 is 1.22 bits per heavy atom. The Hall–Kier alpha value is -4.89. The molecular weight excluding hydrogens is 440 g/mol. The molecule has 1 N–H and O–H groups in total. The second-order valence-electron chi connectivity index (χ2n) is 8.94. The van der Waals surface area contributed by atoms with Gasteiger partial charge < -0.3 is 9.73 Å². The van der Waals surface area contributed by atoms with E-state index in [-0.39, 0.29) is 0 Å². The van der Waals surface area contributed by atoms with E-state index in [2.05, 4.69) is 77.0 Å². The molecule has 0 aliphatic rings. The average molecular weight is 464 g/mol. The molecule has 3 heteroatoms. The first kappa shape index (κ1) is 19.4. The van der Waals surface area contributed by atoms with Gasteiger partial charge in [0.1, 0.15) is 5.52 Å². The van der Waals surface area contributed by atoms with Crippen molar-refractivity contribution in [1.82, 2.24) is 4.98 Å². The summed E-state index contributed by atoms with van der Waals surface area (Å²) >= 11 is 0. The molecular formula is C33H22N2O. The van der Waals surface area contributed by atoms with E-state index in [1.807, 2.05) is 54.6 Å². The third-order valence-electron chi connectivity index (χ3n) is 6.54. The molecule has 36 heavy (non-hydrogen) atoms. The number of nitrogens with zero attached hydrogens (tertiary/aromatic N) is 1. The van der Waals surface area contributed by atoms with Crippen LogP contribution in [0.3, 0.4) is 0 Å². The third-order valence-corrected chi connectivity index (χ3v) is 6.54. The van der Waals surface area contributed by atoms with Gasteiger partial charge in [0, 0.05) is 16.9 Å². The normalized spacial score (nSPS) is 11.7. The van der Waals surface area contributed by atoms with Gasteiger partial charge in [-0.25, -0.2) is 4.98 Å². The van der Waals surface area contributed by atoms with Crippen LogP contribution in [0, 0.1) is 0 Å². The monoisotopic (exact) mass is 463 g/mol. The highest BCUT2D eigenvalue weighted by molar-refractivity contribution is 5.93. The van der Waals surface area contributed by atoms with E-state index in [1.54, 1.807) is 0 Å². The number of aromatic nitrogens is 1. The molecule has 0 fully saturated rings. The fraction of sp³-hybridized carbons (Fsp3) is 0. The summed E-state index contributed by atoms with van der Waals surface area (Å²) in [6.07, 6.45) is 0. The number of fused-ring (bicyclic) bond motifs is 3. The van der Waals surface area contributed by atoms with Crippen LogP contribution in [0.25, 0.3) is 55.2 Å². The van der Waals surface area contributed by atoms with Crippen molar-refractivity contribution in [2.75, 3.05) is 5.32 Å². The highest BCUT2D eigenvalue weighted by atomic mass is 16.3. The van der Waals surface area contributed by atoms with Crippen LogP contribution in [0.1, 0.15) is 1.37 Å². The van der Waals surface area contributed by atoms with Crippen LogP contribution in [-0.4, -0.2) is 4.98 Å². The predicted molar refractivity (Wildman–Crippen MR) is 150 cm³/mol. The van der Waals surface area contributed by atoms with Crippen molar-refractivity contribution in [2.24, 2.45) is 0 Å². The first-order valence-corrected chi connectivity index (χ1v) is 12.0. The lowest BCUT2D eigenvalue weighted by Gasteiger charge is -2.10. The van der Waals surface area contributed by atoms with E-state index in [0.29, 0.717) is 11.9 Å². The summed E-state index contributed by atoms with van der Waals surface area (Å²) in [5, 5.41) is 7.84. The van der Waals surface area contributed by atoms with Gasteiger partial charge in [0.15, 0.2) is 5.58 Å². The van der Waals surface area contributed by atoms with Crippen LogP contribution in [0.2, 0.25) is 0 Å². The summed E-state index contributed by atoms with van der Waals surface area (Å²) in [5.74, 6) is 0.606. The minimum atomic E-state index is 0.491. The highest BCUT2D eigenvalue weighted by Crippen LogP contribution is 2.30. The molecule has 1 aromatic heterocycles. The molecule has 0 aliphatic carbocycles. The number of benzene rings is 6. The molecule has 7 aromatic rings. The molecule has 0 atom stereocenters. The SMILES string of the molecule is [2H]c1cc(Nc2ccc(-c3nc4ccccc4o3)cc2)cc2ccc(-c3ccc4ccccc4c3)cc12. The summed E-state index contributed by atoms with van der Waals surface area (Å²) in [4.78, 5) is 4.57. The van der Waals surface area contributed by atoms with E-state index in [1.165, 1.54) is 10.8 Å². The van der Waals surface area contributed by atoms with Gasteiger partial charge in [0.05, 0.1) is 1.37 Å². The van der Waals surface area contributed by atoms with Gasteiger partial charge in [-0.2, -0.15) is 0 Å². The maximum absolute atomic E-state index is 8.70. The van der Waals surface area contributed by atoms with E-state index >= 15 is 0 Å². The molecule has 0 unspecified atom stereocenters. The lowest BCUT2D eigenvalue weighted by molar-refractivity contribution is 0.620. The lowest BCUT2D eigenvalue weighted by atomic mass is 9.98. The van der Waals surface area contributed by atoms with Crippen molar-refractivity contribution < 1.29 is 5.79 Å². The zero-order valence-electron chi connectivity index (χ0n) is 20.4. The van der Waals surface area contributed by atoms with E-state index in [9.17, 15) is 0 Å². The van der Waals surface area contributed by atoms with E-state index in [0.717, 1.165) is 49.9 Å². The molecule has 7 rings (SSSR count).